The quantitative estimate of drug-likeness (QED) is 0.630. The third kappa shape index (κ3) is 3.05. The van der Waals surface area contributed by atoms with Crippen molar-refractivity contribution in [2.75, 3.05) is 29.9 Å². The van der Waals surface area contributed by atoms with Crippen LogP contribution >= 0.6 is 0 Å². The molecule has 19 heavy (non-hydrogen) atoms. The lowest BCUT2D eigenvalue weighted by Gasteiger charge is -2.27. The summed E-state index contributed by atoms with van der Waals surface area (Å²) in [6.45, 7) is 7.19. The van der Waals surface area contributed by atoms with Crippen molar-refractivity contribution in [1.29, 1.82) is 0 Å². The Kier molecular flexibility index (Phi) is 4.39. The van der Waals surface area contributed by atoms with Crippen LogP contribution in [0.3, 0.4) is 0 Å². The van der Waals surface area contributed by atoms with Gasteiger partial charge in [-0.25, -0.2) is 4.98 Å². The molecule has 0 fully saturated rings. The van der Waals surface area contributed by atoms with Gasteiger partial charge in [0.2, 0.25) is 0 Å². The average molecular weight is 261 g/mol. The number of fused-ring (bicyclic) bond motifs is 1. The summed E-state index contributed by atoms with van der Waals surface area (Å²) in [6.07, 6.45) is 3.90. The van der Waals surface area contributed by atoms with Crippen LogP contribution in [0, 0.1) is 0 Å². The first-order valence-corrected chi connectivity index (χ1v) is 6.55. The molecule has 0 saturated carbocycles. The van der Waals surface area contributed by atoms with Crippen molar-refractivity contribution in [2.24, 2.45) is 0 Å². The molecule has 1 aromatic rings. The number of aromatic nitrogens is 1. The second-order valence-electron chi connectivity index (χ2n) is 4.38. The van der Waals surface area contributed by atoms with Crippen LogP contribution in [0.2, 0.25) is 0 Å². The van der Waals surface area contributed by atoms with Gasteiger partial charge in [-0.2, -0.15) is 0 Å². The van der Waals surface area contributed by atoms with Crippen LogP contribution in [-0.4, -0.2) is 30.6 Å². The van der Waals surface area contributed by atoms with Gasteiger partial charge in [0.05, 0.1) is 0 Å². The molecule has 1 aliphatic heterocycles. The molecule has 5 heteroatoms. The van der Waals surface area contributed by atoms with E-state index >= 15 is 0 Å². The zero-order chi connectivity index (χ0) is 13.7. The summed E-state index contributed by atoms with van der Waals surface area (Å²) in [5, 5.41) is 3.24. The van der Waals surface area contributed by atoms with Gasteiger partial charge >= 0.3 is 0 Å². The summed E-state index contributed by atoms with van der Waals surface area (Å²) < 4.78 is 5.38. The molecule has 2 rings (SSSR count). The highest BCUT2D eigenvalue weighted by molar-refractivity contribution is 5.97. The van der Waals surface area contributed by atoms with E-state index in [0.29, 0.717) is 18.1 Å². The Bertz CT molecular complexity index is 474. The molecule has 0 atom stereocenters. The summed E-state index contributed by atoms with van der Waals surface area (Å²) in [5.41, 5.74) is 0. The molecule has 0 saturated heterocycles. The highest BCUT2D eigenvalue weighted by Crippen LogP contribution is 2.31. The van der Waals surface area contributed by atoms with Crippen LogP contribution in [0.5, 0.6) is 5.75 Å². The van der Waals surface area contributed by atoms with Gasteiger partial charge in [-0.15, -0.1) is 6.58 Å². The Labute approximate surface area is 113 Å². The van der Waals surface area contributed by atoms with Crippen molar-refractivity contribution in [2.45, 2.75) is 19.8 Å². The van der Waals surface area contributed by atoms with E-state index in [4.69, 9.17) is 4.74 Å². The van der Waals surface area contributed by atoms with Gasteiger partial charge < -0.3 is 10.1 Å². The van der Waals surface area contributed by atoms with Crippen LogP contribution in [0.1, 0.15) is 19.8 Å². The van der Waals surface area contributed by atoms with Crippen molar-refractivity contribution in [3.8, 4) is 5.75 Å². The van der Waals surface area contributed by atoms with Crippen LogP contribution in [0.4, 0.5) is 11.6 Å². The van der Waals surface area contributed by atoms with E-state index in [1.807, 2.05) is 12.1 Å². The van der Waals surface area contributed by atoms with E-state index < -0.39 is 0 Å². The SMILES string of the molecule is C=CCN1C(=O)COc2ccc(NCCCC)nc21. The monoisotopic (exact) mass is 261 g/mol. The molecule has 5 nitrogen and oxygen atoms in total. The number of hydrogen-bond acceptors (Lipinski definition) is 4. The van der Waals surface area contributed by atoms with Gasteiger partial charge in [0, 0.05) is 13.1 Å². The first-order chi connectivity index (χ1) is 9.26. The molecule has 1 aromatic heterocycles. The van der Waals surface area contributed by atoms with E-state index in [0.717, 1.165) is 25.2 Å². The van der Waals surface area contributed by atoms with Gasteiger partial charge in [-0.05, 0) is 18.6 Å². The molecule has 1 aliphatic rings. The topological polar surface area (TPSA) is 54.5 Å². The third-order valence-electron chi connectivity index (χ3n) is 2.90. The number of amides is 1. The average Bonchev–Trinajstić information content (AvgIpc) is 2.42. The van der Waals surface area contributed by atoms with Crippen molar-refractivity contribution >= 4 is 17.5 Å². The maximum Gasteiger partial charge on any atom is 0.266 e. The molecule has 1 N–H and O–H groups in total. The maximum atomic E-state index is 11.8. The summed E-state index contributed by atoms with van der Waals surface area (Å²) in [4.78, 5) is 17.9. The molecule has 102 valence electrons. The Morgan fingerprint density at radius 3 is 3.16 bits per heavy atom. The predicted molar refractivity (Wildman–Crippen MR) is 75.7 cm³/mol. The first-order valence-electron chi connectivity index (χ1n) is 6.55. The standard InChI is InChI=1S/C14H19N3O2/c1-3-5-8-15-12-7-6-11-14(16-12)17(9-4-2)13(18)10-19-11/h4,6-7H,2-3,5,8-10H2,1H3,(H,15,16). The minimum Gasteiger partial charge on any atom is -0.480 e. The molecule has 0 aromatic carbocycles. The Balaban J connectivity index is 2.20. The van der Waals surface area contributed by atoms with Gasteiger partial charge in [-0.3, -0.25) is 9.69 Å². The van der Waals surface area contributed by atoms with E-state index in [1.54, 1.807) is 11.0 Å². The molecular formula is C14H19N3O2. The second-order valence-corrected chi connectivity index (χ2v) is 4.38. The van der Waals surface area contributed by atoms with E-state index in [-0.39, 0.29) is 12.5 Å². The summed E-state index contributed by atoms with van der Waals surface area (Å²) in [7, 11) is 0. The zero-order valence-electron chi connectivity index (χ0n) is 11.2. The summed E-state index contributed by atoms with van der Waals surface area (Å²) >= 11 is 0. The smallest absolute Gasteiger partial charge is 0.266 e. The summed E-state index contributed by atoms with van der Waals surface area (Å²) in [6, 6.07) is 3.72. The number of anilines is 2. The highest BCUT2D eigenvalue weighted by Gasteiger charge is 2.26. The lowest BCUT2D eigenvalue weighted by Crippen LogP contribution is -2.39. The number of rotatable bonds is 6. The largest absolute Gasteiger partial charge is 0.480 e. The Morgan fingerprint density at radius 2 is 2.42 bits per heavy atom. The third-order valence-corrected chi connectivity index (χ3v) is 2.90. The molecule has 0 aliphatic carbocycles. The number of nitrogens with zero attached hydrogens (tertiary/aromatic N) is 2. The fraction of sp³-hybridized carbons (Fsp3) is 0.429. The number of unbranched alkanes of at least 4 members (excludes halogenated alkanes) is 1. The fourth-order valence-electron chi connectivity index (χ4n) is 1.89. The molecule has 0 radical (unpaired) electrons. The van der Waals surface area contributed by atoms with Crippen molar-refractivity contribution in [3.05, 3.63) is 24.8 Å². The molecule has 2 heterocycles. The highest BCUT2D eigenvalue weighted by atomic mass is 16.5. The maximum absolute atomic E-state index is 11.8. The van der Waals surface area contributed by atoms with Crippen molar-refractivity contribution in [3.63, 3.8) is 0 Å². The first kappa shape index (κ1) is 13.4. The molecule has 1 amide bonds. The number of nitrogens with one attached hydrogen (secondary N) is 1. The van der Waals surface area contributed by atoms with Crippen molar-refractivity contribution < 1.29 is 9.53 Å². The molecule has 0 spiro atoms. The second kappa shape index (κ2) is 6.22. The number of pyridine rings is 1. The normalized spacial score (nSPS) is 13.7. The lowest BCUT2D eigenvalue weighted by molar-refractivity contribution is -0.121. The van der Waals surface area contributed by atoms with Crippen LogP contribution < -0.4 is 15.0 Å². The van der Waals surface area contributed by atoms with E-state index in [1.165, 1.54) is 0 Å². The fourth-order valence-corrected chi connectivity index (χ4v) is 1.89. The minimum absolute atomic E-state index is 0.0606. The van der Waals surface area contributed by atoms with Crippen LogP contribution in [-0.2, 0) is 4.79 Å². The van der Waals surface area contributed by atoms with E-state index in [9.17, 15) is 4.79 Å². The van der Waals surface area contributed by atoms with E-state index in [2.05, 4.69) is 23.8 Å². The lowest BCUT2D eigenvalue weighted by atomic mass is 10.3. The number of hydrogen-bond donors (Lipinski definition) is 1. The number of carbonyl (C=O) groups excluding carboxylic acids is 1. The molecular weight excluding hydrogens is 242 g/mol. The van der Waals surface area contributed by atoms with Gasteiger partial charge in [0.1, 0.15) is 5.82 Å². The van der Waals surface area contributed by atoms with Crippen LogP contribution in [0.15, 0.2) is 24.8 Å². The molecule has 0 unspecified atom stereocenters. The minimum atomic E-state index is -0.0920. The van der Waals surface area contributed by atoms with Crippen LogP contribution in [0.25, 0.3) is 0 Å². The number of carbonyl (C=O) groups is 1. The Hall–Kier alpha value is -2.04. The van der Waals surface area contributed by atoms with Gasteiger partial charge in [-0.1, -0.05) is 19.4 Å². The summed E-state index contributed by atoms with van der Waals surface area (Å²) in [5.74, 6) is 1.88. The number of ether oxygens (including phenoxy) is 1. The predicted octanol–water partition coefficient (Wildman–Crippen LogP) is 2.21. The zero-order valence-corrected chi connectivity index (χ0v) is 11.2. The van der Waals surface area contributed by atoms with Gasteiger partial charge in [0.25, 0.3) is 5.91 Å². The molecule has 0 bridgehead atoms. The Morgan fingerprint density at radius 1 is 1.58 bits per heavy atom. The van der Waals surface area contributed by atoms with Gasteiger partial charge in [0.15, 0.2) is 18.2 Å². The van der Waals surface area contributed by atoms with Crippen molar-refractivity contribution in [1.82, 2.24) is 4.98 Å².